The Hall–Kier alpha value is -1.92. The zero-order valence-electron chi connectivity index (χ0n) is 13.4. The summed E-state index contributed by atoms with van der Waals surface area (Å²) in [4.78, 5) is 27.9. The van der Waals surface area contributed by atoms with Gasteiger partial charge in [0.05, 0.1) is 0 Å². The molecule has 124 valence electrons. The van der Waals surface area contributed by atoms with Crippen molar-refractivity contribution in [2.45, 2.75) is 19.3 Å². The Kier molecular flexibility index (Phi) is 5.25. The number of carbonyl (C=O) groups excluding carboxylic acids is 2. The lowest BCUT2D eigenvalue weighted by Gasteiger charge is -2.26. The number of carbonyl (C=O) groups is 2. The first kappa shape index (κ1) is 16.0. The van der Waals surface area contributed by atoms with Gasteiger partial charge in [0.25, 0.3) is 0 Å². The molecule has 3 rings (SSSR count). The zero-order valence-corrected chi connectivity index (χ0v) is 13.4. The number of nitrogens with one attached hydrogen (secondary N) is 2. The van der Waals surface area contributed by atoms with Crippen LogP contribution in [0.4, 0.5) is 11.4 Å². The van der Waals surface area contributed by atoms with Crippen LogP contribution >= 0.6 is 0 Å². The maximum Gasteiger partial charge on any atom is 0.227 e. The number of benzene rings is 1. The number of hydrogen-bond donors (Lipinski definition) is 2. The fraction of sp³-hybridized carbons (Fsp3) is 0.529. The van der Waals surface area contributed by atoms with Gasteiger partial charge in [-0.15, -0.1) is 0 Å². The Morgan fingerprint density at radius 2 is 1.87 bits per heavy atom. The van der Waals surface area contributed by atoms with Crippen LogP contribution in [-0.2, 0) is 9.59 Å². The van der Waals surface area contributed by atoms with E-state index in [0.29, 0.717) is 12.8 Å². The molecule has 1 aromatic rings. The molecule has 2 amide bonds. The summed E-state index contributed by atoms with van der Waals surface area (Å²) in [6.45, 7) is 5.59. The molecule has 1 aromatic carbocycles. The molecule has 2 aliphatic rings. The molecule has 0 aliphatic carbocycles. The normalized spacial score (nSPS) is 19.1. The third-order valence-corrected chi connectivity index (χ3v) is 4.40. The minimum Gasteiger partial charge on any atom is -0.326 e. The fourth-order valence-corrected chi connectivity index (χ4v) is 3.06. The molecule has 2 saturated heterocycles. The second kappa shape index (κ2) is 7.57. The molecule has 0 saturated carbocycles. The largest absolute Gasteiger partial charge is 0.326 e. The van der Waals surface area contributed by atoms with Gasteiger partial charge in [-0.1, -0.05) is 0 Å². The summed E-state index contributed by atoms with van der Waals surface area (Å²) >= 11 is 0. The van der Waals surface area contributed by atoms with Gasteiger partial charge in [0.15, 0.2) is 0 Å². The van der Waals surface area contributed by atoms with Crippen molar-refractivity contribution < 1.29 is 9.59 Å². The quantitative estimate of drug-likeness (QED) is 0.852. The van der Waals surface area contributed by atoms with Gasteiger partial charge in [-0.05, 0) is 30.7 Å². The Balaban J connectivity index is 1.47. The number of nitrogens with zero attached hydrogens (tertiary/aromatic N) is 2. The van der Waals surface area contributed by atoms with Crippen LogP contribution in [-0.4, -0.2) is 56.0 Å². The first-order chi connectivity index (χ1) is 11.2. The van der Waals surface area contributed by atoms with E-state index in [2.05, 4.69) is 15.5 Å². The number of rotatable bonds is 5. The topological polar surface area (TPSA) is 64.7 Å². The monoisotopic (exact) mass is 316 g/mol. The van der Waals surface area contributed by atoms with E-state index >= 15 is 0 Å². The molecular formula is C17H24N4O2. The molecule has 2 N–H and O–H groups in total. The minimum absolute atomic E-state index is 0.0357. The summed E-state index contributed by atoms with van der Waals surface area (Å²) in [5.41, 5.74) is 1.69. The van der Waals surface area contributed by atoms with Crippen LogP contribution in [0.3, 0.4) is 0 Å². The Bertz CT molecular complexity index is 552. The fourth-order valence-electron chi connectivity index (χ4n) is 3.06. The van der Waals surface area contributed by atoms with Crippen molar-refractivity contribution in [3.63, 3.8) is 0 Å². The number of anilines is 2. The van der Waals surface area contributed by atoms with E-state index in [1.54, 1.807) is 4.90 Å². The number of piperazine rings is 1. The summed E-state index contributed by atoms with van der Waals surface area (Å²) in [7, 11) is 0. The van der Waals surface area contributed by atoms with E-state index in [4.69, 9.17) is 0 Å². The third-order valence-electron chi connectivity index (χ3n) is 4.40. The summed E-state index contributed by atoms with van der Waals surface area (Å²) in [5.74, 6) is 0.214. The van der Waals surface area contributed by atoms with Gasteiger partial charge in [-0.3, -0.25) is 9.59 Å². The molecule has 2 heterocycles. The van der Waals surface area contributed by atoms with Gasteiger partial charge in [-0.2, -0.15) is 0 Å². The van der Waals surface area contributed by atoms with Crippen molar-refractivity contribution in [2.24, 2.45) is 0 Å². The van der Waals surface area contributed by atoms with Crippen molar-refractivity contribution in [2.75, 3.05) is 49.5 Å². The Labute approximate surface area is 136 Å². The summed E-state index contributed by atoms with van der Waals surface area (Å²) in [6, 6.07) is 7.53. The van der Waals surface area contributed by atoms with Gasteiger partial charge < -0.3 is 20.4 Å². The molecule has 0 radical (unpaired) electrons. The number of amides is 2. The van der Waals surface area contributed by atoms with Gasteiger partial charge in [0.2, 0.25) is 11.8 Å². The molecule has 6 heteroatoms. The second-order valence-corrected chi connectivity index (χ2v) is 6.09. The van der Waals surface area contributed by atoms with E-state index in [9.17, 15) is 9.59 Å². The highest BCUT2D eigenvalue weighted by atomic mass is 16.2. The van der Waals surface area contributed by atoms with Crippen LogP contribution in [0.1, 0.15) is 19.3 Å². The van der Waals surface area contributed by atoms with Gasteiger partial charge in [0, 0.05) is 63.5 Å². The molecule has 2 aliphatic heterocycles. The van der Waals surface area contributed by atoms with Crippen molar-refractivity contribution in [3.05, 3.63) is 24.3 Å². The molecule has 0 aromatic heterocycles. The highest BCUT2D eigenvalue weighted by molar-refractivity contribution is 5.96. The predicted molar refractivity (Wildman–Crippen MR) is 90.6 cm³/mol. The lowest BCUT2D eigenvalue weighted by atomic mass is 10.2. The van der Waals surface area contributed by atoms with E-state index in [-0.39, 0.29) is 11.8 Å². The van der Waals surface area contributed by atoms with Gasteiger partial charge in [0.1, 0.15) is 0 Å². The van der Waals surface area contributed by atoms with E-state index in [1.807, 2.05) is 24.3 Å². The van der Waals surface area contributed by atoms with Crippen LogP contribution in [0.25, 0.3) is 0 Å². The molecule has 0 atom stereocenters. The maximum atomic E-state index is 12.0. The molecule has 23 heavy (non-hydrogen) atoms. The predicted octanol–water partition coefficient (Wildman–Crippen LogP) is 1.05. The van der Waals surface area contributed by atoms with Crippen molar-refractivity contribution in [1.29, 1.82) is 0 Å². The lowest BCUT2D eigenvalue weighted by Crippen LogP contribution is -2.44. The van der Waals surface area contributed by atoms with Crippen molar-refractivity contribution in [1.82, 2.24) is 10.2 Å². The highest BCUT2D eigenvalue weighted by Gasteiger charge is 2.21. The Morgan fingerprint density at radius 1 is 1.13 bits per heavy atom. The minimum atomic E-state index is 0.0357. The molecule has 0 spiro atoms. The first-order valence-electron chi connectivity index (χ1n) is 8.36. The molecule has 0 unspecified atom stereocenters. The highest BCUT2D eigenvalue weighted by Crippen LogP contribution is 2.23. The zero-order chi connectivity index (χ0) is 16.1. The standard InChI is InChI=1S/C17H24N4O2/c22-16(7-11-20-12-8-18-9-13-20)19-14-3-5-15(6-4-14)21-10-1-2-17(21)23/h3-6,18H,1-2,7-13H2,(H,19,22). The van der Waals surface area contributed by atoms with Crippen LogP contribution in [0.2, 0.25) is 0 Å². The Morgan fingerprint density at radius 3 is 2.52 bits per heavy atom. The van der Waals surface area contributed by atoms with Crippen LogP contribution in [0.5, 0.6) is 0 Å². The van der Waals surface area contributed by atoms with Crippen LogP contribution in [0.15, 0.2) is 24.3 Å². The summed E-state index contributed by atoms with van der Waals surface area (Å²) in [6.07, 6.45) is 2.06. The van der Waals surface area contributed by atoms with Crippen molar-refractivity contribution in [3.8, 4) is 0 Å². The first-order valence-corrected chi connectivity index (χ1v) is 8.36. The van der Waals surface area contributed by atoms with Crippen LogP contribution < -0.4 is 15.5 Å². The summed E-state index contributed by atoms with van der Waals surface area (Å²) < 4.78 is 0. The third kappa shape index (κ3) is 4.30. The maximum absolute atomic E-state index is 12.0. The molecular weight excluding hydrogens is 292 g/mol. The van der Waals surface area contributed by atoms with E-state index < -0.39 is 0 Å². The van der Waals surface area contributed by atoms with Gasteiger partial charge in [-0.25, -0.2) is 0 Å². The molecule has 6 nitrogen and oxygen atoms in total. The lowest BCUT2D eigenvalue weighted by molar-refractivity contribution is -0.117. The molecule has 0 bridgehead atoms. The number of hydrogen-bond acceptors (Lipinski definition) is 4. The second-order valence-electron chi connectivity index (χ2n) is 6.09. The SMILES string of the molecule is O=C(CCN1CCNCC1)Nc1ccc(N2CCCC2=O)cc1. The average Bonchev–Trinajstić information content (AvgIpc) is 3.01. The summed E-state index contributed by atoms with van der Waals surface area (Å²) in [5, 5.41) is 6.23. The van der Waals surface area contributed by atoms with Crippen LogP contribution in [0, 0.1) is 0 Å². The smallest absolute Gasteiger partial charge is 0.227 e. The average molecular weight is 316 g/mol. The van der Waals surface area contributed by atoms with Gasteiger partial charge >= 0.3 is 0 Å². The molecule has 2 fully saturated rings. The van der Waals surface area contributed by atoms with E-state index in [1.165, 1.54) is 0 Å². The van der Waals surface area contributed by atoms with Crippen molar-refractivity contribution >= 4 is 23.2 Å². The van der Waals surface area contributed by atoms with E-state index in [0.717, 1.165) is 57.1 Å².